The first kappa shape index (κ1) is 24.1. The van der Waals surface area contributed by atoms with E-state index in [-0.39, 0.29) is 24.0 Å². The van der Waals surface area contributed by atoms with Crippen molar-refractivity contribution < 1.29 is 14.2 Å². The summed E-state index contributed by atoms with van der Waals surface area (Å²) in [6.45, 7) is 7.47. The molecule has 27 heavy (non-hydrogen) atoms. The number of aliphatic imine (C=N–C) groups is 1. The molecule has 1 aromatic carbocycles. The minimum absolute atomic E-state index is 0. The van der Waals surface area contributed by atoms with E-state index in [0.717, 1.165) is 58.1 Å². The Morgan fingerprint density at radius 3 is 2.52 bits per heavy atom. The molecule has 1 aliphatic rings. The second-order valence-electron chi connectivity index (χ2n) is 6.41. The van der Waals surface area contributed by atoms with Crippen LogP contribution < -0.4 is 10.6 Å². The van der Waals surface area contributed by atoms with E-state index in [1.165, 1.54) is 11.1 Å². The predicted molar refractivity (Wildman–Crippen MR) is 120 cm³/mol. The van der Waals surface area contributed by atoms with Gasteiger partial charge in [-0.3, -0.25) is 0 Å². The lowest BCUT2D eigenvalue weighted by atomic mass is 10.1. The van der Waals surface area contributed by atoms with Gasteiger partial charge in [0.25, 0.3) is 0 Å². The van der Waals surface area contributed by atoms with Crippen LogP contribution in [0, 0.1) is 0 Å². The van der Waals surface area contributed by atoms with Gasteiger partial charge in [0.05, 0.1) is 19.3 Å². The number of hydrogen-bond donors (Lipinski definition) is 2. The van der Waals surface area contributed by atoms with Crippen LogP contribution in [0.4, 0.5) is 0 Å². The van der Waals surface area contributed by atoms with Crippen molar-refractivity contribution in [2.45, 2.75) is 45.4 Å². The van der Waals surface area contributed by atoms with Crippen molar-refractivity contribution in [2.24, 2.45) is 4.99 Å². The van der Waals surface area contributed by atoms with E-state index in [2.05, 4.69) is 46.8 Å². The van der Waals surface area contributed by atoms with Gasteiger partial charge < -0.3 is 24.8 Å². The molecule has 1 saturated heterocycles. The maximum atomic E-state index is 5.97. The molecule has 6 nitrogen and oxygen atoms in total. The van der Waals surface area contributed by atoms with Crippen LogP contribution >= 0.6 is 24.0 Å². The van der Waals surface area contributed by atoms with Crippen LogP contribution in [0.25, 0.3) is 0 Å². The molecule has 1 heterocycles. The van der Waals surface area contributed by atoms with Gasteiger partial charge in [-0.25, -0.2) is 4.99 Å². The maximum Gasteiger partial charge on any atom is 0.191 e. The van der Waals surface area contributed by atoms with E-state index >= 15 is 0 Å². The van der Waals surface area contributed by atoms with Crippen molar-refractivity contribution in [3.05, 3.63) is 35.4 Å². The van der Waals surface area contributed by atoms with Crippen LogP contribution in [-0.4, -0.2) is 52.1 Å². The number of hydrogen-bond acceptors (Lipinski definition) is 4. The second kappa shape index (κ2) is 15.1. The van der Waals surface area contributed by atoms with Gasteiger partial charge in [-0.05, 0) is 37.3 Å². The molecule has 0 atom stereocenters. The molecule has 0 spiro atoms. The third-order valence-corrected chi connectivity index (χ3v) is 4.26. The summed E-state index contributed by atoms with van der Waals surface area (Å²) in [7, 11) is 1.72. The molecular weight excluding hydrogens is 457 g/mol. The molecule has 0 unspecified atom stereocenters. The largest absolute Gasteiger partial charge is 0.385 e. The Hall–Kier alpha value is -0.900. The fourth-order valence-corrected chi connectivity index (χ4v) is 2.73. The number of ether oxygens (including phenoxy) is 3. The summed E-state index contributed by atoms with van der Waals surface area (Å²) < 4.78 is 16.4. The molecule has 0 bridgehead atoms. The summed E-state index contributed by atoms with van der Waals surface area (Å²) in [5, 5.41) is 6.59. The number of halogens is 1. The van der Waals surface area contributed by atoms with E-state index in [1.807, 2.05) is 0 Å². The van der Waals surface area contributed by atoms with Crippen LogP contribution in [0.5, 0.6) is 0 Å². The van der Waals surface area contributed by atoms with Crippen LogP contribution in [0.15, 0.2) is 29.3 Å². The van der Waals surface area contributed by atoms with Crippen molar-refractivity contribution in [3.8, 4) is 0 Å². The van der Waals surface area contributed by atoms with E-state index in [9.17, 15) is 0 Å². The number of benzene rings is 1. The Bertz CT molecular complexity index is 520. The van der Waals surface area contributed by atoms with Crippen molar-refractivity contribution in [1.82, 2.24) is 10.6 Å². The fraction of sp³-hybridized carbons (Fsp3) is 0.650. The summed E-state index contributed by atoms with van der Waals surface area (Å²) in [6.07, 6.45) is 3.29. The maximum absolute atomic E-state index is 5.97. The molecule has 0 saturated carbocycles. The van der Waals surface area contributed by atoms with E-state index in [4.69, 9.17) is 14.2 Å². The van der Waals surface area contributed by atoms with Crippen molar-refractivity contribution in [1.29, 1.82) is 0 Å². The minimum atomic E-state index is 0. The normalized spacial score (nSPS) is 15.3. The number of nitrogens with one attached hydrogen (secondary N) is 2. The molecule has 1 aliphatic heterocycles. The second-order valence-corrected chi connectivity index (χ2v) is 6.41. The van der Waals surface area contributed by atoms with Crippen LogP contribution in [0.2, 0.25) is 0 Å². The molecule has 2 N–H and O–H groups in total. The monoisotopic (exact) mass is 491 g/mol. The third kappa shape index (κ3) is 10.3. The molecule has 1 fully saturated rings. The summed E-state index contributed by atoms with van der Waals surface area (Å²) in [5.74, 6) is 0.843. The highest BCUT2D eigenvalue weighted by Gasteiger charge is 2.13. The average molecular weight is 491 g/mol. The van der Waals surface area contributed by atoms with E-state index < -0.39 is 0 Å². The summed E-state index contributed by atoms with van der Waals surface area (Å²) in [4.78, 5) is 4.64. The van der Waals surface area contributed by atoms with Crippen LogP contribution in [0.1, 0.15) is 37.3 Å². The molecule has 154 valence electrons. The lowest BCUT2D eigenvalue weighted by Gasteiger charge is -2.22. The van der Waals surface area contributed by atoms with Crippen molar-refractivity contribution in [2.75, 3.05) is 40.0 Å². The highest BCUT2D eigenvalue weighted by atomic mass is 127. The first-order valence-corrected chi connectivity index (χ1v) is 9.60. The van der Waals surface area contributed by atoms with Crippen LogP contribution in [-0.2, 0) is 27.4 Å². The van der Waals surface area contributed by atoms with Gasteiger partial charge in [0.1, 0.15) is 0 Å². The summed E-state index contributed by atoms with van der Waals surface area (Å²) in [5.41, 5.74) is 2.39. The van der Waals surface area contributed by atoms with E-state index in [0.29, 0.717) is 19.3 Å². The van der Waals surface area contributed by atoms with Gasteiger partial charge in [0.2, 0.25) is 0 Å². The first-order valence-electron chi connectivity index (χ1n) is 9.60. The molecule has 0 aromatic heterocycles. The Morgan fingerprint density at radius 2 is 1.85 bits per heavy atom. The molecule has 0 radical (unpaired) electrons. The Labute approximate surface area is 180 Å². The van der Waals surface area contributed by atoms with Gasteiger partial charge in [0, 0.05) is 40.0 Å². The van der Waals surface area contributed by atoms with E-state index in [1.54, 1.807) is 7.11 Å². The number of guanidine groups is 1. The number of nitrogens with zero attached hydrogens (tertiary/aromatic N) is 1. The SMILES string of the molecule is CCNC(=NCc1ccc(COC2CCOCC2)cc1)NCCCOC.I. The molecule has 7 heteroatoms. The van der Waals surface area contributed by atoms with Crippen molar-refractivity contribution >= 4 is 29.9 Å². The molecule has 1 aromatic rings. The van der Waals surface area contributed by atoms with Crippen molar-refractivity contribution in [3.63, 3.8) is 0 Å². The molecule has 2 rings (SSSR count). The zero-order valence-corrected chi connectivity index (χ0v) is 18.9. The summed E-state index contributed by atoms with van der Waals surface area (Å²) in [6, 6.07) is 8.51. The van der Waals surface area contributed by atoms with Crippen LogP contribution in [0.3, 0.4) is 0 Å². The Morgan fingerprint density at radius 1 is 1.15 bits per heavy atom. The third-order valence-electron chi connectivity index (χ3n) is 4.26. The lowest BCUT2D eigenvalue weighted by molar-refractivity contribution is -0.0390. The zero-order chi connectivity index (χ0) is 18.5. The fourth-order valence-electron chi connectivity index (χ4n) is 2.73. The highest BCUT2D eigenvalue weighted by molar-refractivity contribution is 14.0. The molecular formula is C20H34IN3O3. The Balaban J connectivity index is 0.00000364. The average Bonchev–Trinajstić information content (AvgIpc) is 2.69. The number of methoxy groups -OCH3 is 1. The lowest BCUT2D eigenvalue weighted by Crippen LogP contribution is -2.38. The quantitative estimate of drug-likeness (QED) is 0.228. The highest BCUT2D eigenvalue weighted by Crippen LogP contribution is 2.14. The Kier molecular flexibility index (Phi) is 13.5. The van der Waals surface area contributed by atoms with Gasteiger partial charge in [-0.2, -0.15) is 0 Å². The van der Waals surface area contributed by atoms with Gasteiger partial charge in [-0.15, -0.1) is 24.0 Å². The topological polar surface area (TPSA) is 64.1 Å². The molecule has 0 aliphatic carbocycles. The predicted octanol–water partition coefficient (Wildman–Crippen LogP) is 3.09. The molecule has 0 amide bonds. The smallest absolute Gasteiger partial charge is 0.191 e. The summed E-state index contributed by atoms with van der Waals surface area (Å²) >= 11 is 0. The zero-order valence-electron chi connectivity index (χ0n) is 16.5. The standard InChI is InChI=1S/C20H33N3O3.HI/c1-3-21-20(22-11-4-12-24-2)23-15-17-5-7-18(8-6-17)16-26-19-9-13-25-14-10-19;/h5-8,19H,3-4,9-16H2,1-2H3,(H2,21,22,23);1H. The first-order chi connectivity index (χ1) is 12.8. The van der Waals surface area contributed by atoms with Gasteiger partial charge >= 0.3 is 0 Å². The minimum Gasteiger partial charge on any atom is -0.385 e. The number of rotatable bonds is 10. The van der Waals surface area contributed by atoms with Gasteiger partial charge in [-0.1, -0.05) is 24.3 Å². The van der Waals surface area contributed by atoms with Gasteiger partial charge in [0.15, 0.2) is 5.96 Å².